The Hall–Kier alpha value is -2.07. The van der Waals surface area contributed by atoms with Gasteiger partial charge in [-0.3, -0.25) is 9.69 Å². The second-order valence-corrected chi connectivity index (χ2v) is 11.5. The molecule has 2 atom stereocenters. The van der Waals surface area contributed by atoms with Crippen molar-refractivity contribution < 1.29 is 22.8 Å². The van der Waals surface area contributed by atoms with Gasteiger partial charge < -0.3 is 9.80 Å². The number of anilines is 1. The van der Waals surface area contributed by atoms with Gasteiger partial charge in [-0.15, -0.1) is 0 Å². The van der Waals surface area contributed by atoms with E-state index < -0.39 is 11.8 Å². The standard InChI is InChI=1S/C26H28Br2F3N3O2/c1-32(21-12-18(27)11-19(28)13-21)25(36)33(2)23-15-34(14-22(23)16-3-5-20(29)6-4-16)24(35)17-7-9-26(30,31)10-8-17/h3-6,11-13,17,22-23H,7-10,14-15H2,1-2H3. The van der Waals surface area contributed by atoms with E-state index in [1.54, 1.807) is 36.0 Å². The molecule has 5 nitrogen and oxygen atoms in total. The van der Waals surface area contributed by atoms with Gasteiger partial charge in [0.1, 0.15) is 5.82 Å². The Morgan fingerprint density at radius 1 is 0.972 bits per heavy atom. The van der Waals surface area contributed by atoms with Crippen molar-refractivity contribution in [1.82, 2.24) is 9.80 Å². The number of urea groups is 1. The molecule has 36 heavy (non-hydrogen) atoms. The van der Waals surface area contributed by atoms with E-state index in [1.807, 2.05) is 18.2 Å². The number of rotatable bonds is 4. The summed E-state index contributed by atoms with van der Waals surface area (Å²) in [5.74, 6) is -3.91. The molecule has 1 heterocycles. The molecule has 2 unspecified atom stereocenters. The zero-order chi connectivity index (χ0) is 26.2. The number of alkyl halides is 2. The monoisotopic (exact) mass is 629 g/mol. The van der Waals surface area contributed by atoms with Gasteiger partial charge >= 0.3 is 6.03 Å². The third-order valence-corrected chi connectivity index (χ3v) is 8.20. The second kappa shape index (κ2) is 10.7. The van der Waals surface area contributed by atoms with Crippen LogP contribution in [0.2, 0.25) is 0 Å². The van der Waals surface area contributed by atoms with Gasteiger partial charge in [0.05, 0.1) is 6.04 Å². The molecule has 1 saturated carbocycles. The van der Waals surface area contributed by atoms with Crippen LogP contribution in [0.15, 0.2) is 51.4 Å². The molecule has 0 spiro atoms. The third-order valence-electron chi connectivity index (χ3n) is 7.29. The van der Waals surface area contributed by atoms with Crippen molar-refractivity contribution in [2.45, 2.75) is 43.6 Å². The highest BCUT2D eigenvalue weighted by Gasteiger charge is 2.44. The summed E-state index contributed by atoms with van der Waals surface area (Å²) in [6, 6.07) is 11.0. The fraction of sp³-hybridized carbons (Fsp3) is 0.462. The second-order valence-electron chi connectivity index (χ2n) is 9.68. The SMILES string of the molecule is CN(C(=O)N(C)C1CN(C(=O)C2CCC(F)(F)CC2)CC1c1ccc(F)cc1)c1cc(Br)cc(Br)c1. The summed E-state index contributed by atoms with van der Waals surface area (Å²) in [6.07, 6.45) is -0.256. The first-order valence-electron chi connectivity index (χ1n) is 11.8. The summed E-state index contributed by atoms with van der Waals surface area (Å²) in [5.41, 5.74) is 1.50. The molecule has 1 aliphatic heterocycles. The Balaban J connectivity index is 1.56. The average molecular weight is 631 g/mol. The molecule has 0 N–H and O–H groups in total. The number of hydrogen-bond donors (Lipinski definition) is 0. The highest BCUT2D eigenvalue weighted by Crippen LogP contribution is 2.39. The van der Waals surface area contributed by atoms with Crippen molar-refractivity contribution in [1.29, 1.82) is 0 Å². The first-order valence-corrected chi connectivity index (χ1v) is 13.4. The predicted octanol–water partition coefficient (Wildman–Crippen LogP) is 6.66. The molecule has 1 saturated heterocycles. The minimum atomic E-state index is -2.71. The molecule has 4 rings (SSSR count). The highest BCUT2D eigenvalue weighted by atomic mass is 79.9. The maximum Gasteiger partial charge on any atom is 0.324 e. The van der Waals surface area contributed by atoms with Gasteiger partial charge in [0.2, 0.25) is 11.8 Å². The van der Waals surface area contributed by atoms with E-state index in [0.29, 0.717) is 12.2 Å². The number of benzene rings is 2. The molecule has 2 aromatic rings. The molecule has 2 aromatic carbocycles. The lowest BCUT2D eigenvalue weighted by molar-refractivity contribution is -0.138. The van der Waals surface area contributed by atoms with Gasteiger partial charge in [-0.2, -0.15) is 0 Å². The zero-order valence-corrected chi connectivity index (χ0v) is 23.2. The topological polar surface area (TPSA) is 43.9 Å². The van der Waals surface area contributed by atoms with E-state index in [1.165, 1.54) is 17.0 Å². The van der Waals surface area contributed by atoms with Crippen molar-refractivity contribution in [3.05, 3.63) is 62.8 Å². The number of nitrogens with zero attached hydrogens (tertiary/aromatic N) is 3. The summed E-state index contributed by atoms with van der Waals surface area (Å²) >= 11 is 6.89. The maximum atomic E-state index is 13.6. The minimum Gasteiger partial charge on any atom is -0.340 e. The molecule has 194 valence electrons. The maximum absolute atomic E-state index is 13.6. The number of carbonyl (C=O) groups is 2. The fourth-order valence-electron chi connectivity index (χ4n) is 5.16. The molecular weight excluding hydrogens is 603 g/mol. The Morgan fingerprint density at radius 2 is 1.56 bits per heavy atom. The molecular formula is C26H28Br2F3N3O2. The zero-order valence-electron chi connectivity index (χ0n) is 20.1. The van der Waals surface area contributed by atoms with Gasteiger partial charge in [0.25, 0.3) is 0 Å². The normalized spacial score (nSPS) is 21.9. The van der Waals surface area contributed by atoms with E-state index in [4.69, 9.17) is 0 Å². The Morgan fingerprint density at radius 3 is 2.14 bits per heavy atom. The lowest BCUT2D eigenvalue weighted by Crippen LogP contribution is -2.48. The summed E-state index contributed by atoms with van der Waals surface area (Å²) in [7, 11) is 3.38. The summed E-state index contributed by atoms with van der Waals surface area (Å²) in [6.45, 7) is 0.623. The Bertz CT molecular complexity index is 1100. The number of amides is 3. The van der Waals surface area contributed by atoms with Crippen LogP contribution in [-0.4, -0.2) is 60.9 Å². The largest absolute Gasteiger partial charge is 0.340 e. The molecule has 2 fully saturated rings. The van der Waals surface area contributed by atoms with Crippen molar-refractivity contribution >= 4 is 49.5 Å². The molecule has 0 radical (unpaired) electrons. The number of hydrogen-bond acceptors (Lipinski definition) is 2. The van der Waals surface area contributed by atoms with Crippen molar-refractivity contribution in [2.24, 2.45) is 5.92 Å². The van der Waals surface area contributed by atoms with Crippen molar-refractivity contribution in [2.75, 3.05) is 32.1 Å². The smallest absolute Gasteiger partial charge is 0.324 e. The Labute approximate surface area is 225 Å². The molecule has 2 aliphatic rings. The number of likely N-dealkylation sites (tertiary alicyclic amines) is 1. The van der Waals surface area contributed by atoms with Gasteiger partial charge in [-0.05, 0) is 48.7 Å². The first-order chi connectivity index (χ1) is 16.9. The molecule has 0 aromatic heterocycles. The van der Waals surface area contributed by atoms with Gasteiger partial charge in [-0.1, -0.05) is 44.0 Å². The van der Waals surface area contributed by atoms with Crippen molar-refractivity contribution in [3.8, 4) is 0 Å². The van der Waals surface area contributed by atoms with Crippen LogP contribution in [0, 0.1) is 11.7 Å². The molecule has 3 amide bonds. The van der Waals surface area contributed by atoms with Crippen molar-refractivity contribution in [3.63, 3.8) is 0 Å². The van der Waals surface area contributed by atoms with Gasteiger partial charge in [0, 0.05) is 66.5 Å². The minimum absolute atomic E-state index is 0.148. The van der Waals surface area contributed by atoms with Crippen LogP contribution in [0.1, 0.15) is 37.2 Å². The molecule has 0 bridgehead atoms. The van der Waals surface area contributed by atoms with E-state index >= 15 is 0 Å². The fourth-order valence-corrected chi connectivity index (χ4v) is 6.43. The first kappa shape index (κ1) is 27.0. The quantitative estimate of drug-likeness (QED) is 0.379. The van der Waals surface area contributed by atoms with E-state index in [2.05, 4.69) is 31.9 Å². The highest BCUT2D eigenvalue weighted by molar-refractivity contribution is 9.11. The van der Waals surface area contributed by atoms with Gasteiger partial charge in [0.15, 0.2) is 0 Å². The van der Waals surface area contributed by atoms with Gasteiger partial charge in [-0.25, -0.2) is 18.0 Å². The number of halogens is 5. The van der Waals surface area contributed by atoms with Crippen LogP contribution < -0.4 is 4.90 Å². The van der Waals surface area contributed by atoms with Crippen LogP contribution >= 0.6 is 31.9 Å². The lowest BCUT2D eigenvalue weighted by atomic mass is 9.86. The summed E-state index contributed by atoms with van der Waals surface area (Å²) in [5, 5.41) is 0. The van der Waals surface area contributed by atoms with E-state index in [-0.39, 0.29) is 61.9 Å². The van der Waals surface area contributed by atoms with Crippen LogP contribution in [0.25, 0.3) is 0 Å². The van der Waals surface area contributed by atoms with Crippen LogP contribution in [0.3, 0.4) is 0 Å². The third kappa shape index (κ3) is 5.90. The Kier molecular flexibility index (Phi) is 8.04. The number of carbonyl (C=O) groups excluding carboxylic acids is 2. The number of likely N-dealkylation sites (N-methyl/N-ethyl adjacent to an activating group) is 1. The average Bonchev–Trinajstić information content (AvgIpc) is 3.27. The van der Waals surface area contributed by atoms with Crippen LogP contribution in [0.4, 0.5) is 23.7 Å². The molecule has 10 heteroatoms. The summed E-state index contributed by atoms with van der Waals surface area (Å²) < 4.78 is 42.5. The predicted molar refractivity (Wildman–Crippen MR) is 140 cm³/mol. The lowest BCUT2D eigenvalue weighted by Gasteiger charge is -2.33. The van der Waals surface area contributed by atoms with Crippen LogP contribution in [-0.2, 0) is 4.79 Å². The van der Waals surface area contributed by atoms with E-state index in [0.717, 1.165) is 14.5 Å². The molecule has 1 aliphatic carbocycles. The van der Waals surface area contributed by atoms with E-state index in [9.17, 15) is 22.8 Å². The summed E-state index contributed by atoms with van der Waals surface area (Å²) in [4.78, 5) is 31.7. The van der Waals surface area contributed by atoms with Crippen LogP contribution in [0.5, 0.6) is 0 Å².